The highest BCUT2D eigenvalue weighted by Crippen LogP contribution is 2.34. The van der Waals surface area contributed by atoms with Gasteiger partial charge in [0.15, 0.2) is 0 Å². The molecule has 0 aliphatic heterocycles. The minimum absolute atomic E-state index is 0.875. The second-order valence-corrected chi connectivity index (χ2v) is 7.90. The van der Waals surface area contributed by atoms with Crippen LogP contribution in [0.5, 0.6) is 0 Å². The fourth-order valence-electron chi connectivity index (χ4n) is 1.96. The summed E-state index contributed by atoms with van der Waals surface area (Å²) >= 11 is 0. The van der Waals surface area contributed by atoms with Crippen LogP contribution in [0.25, 0.3) is 0 Å². The minimum Gasteiger partial charge on any atom is -0.0651 e. The van der Waals surface area contributed by atoms with Crippen LogP contribution in [0.2, 0.25) is 0 Å². The van der Waals surface area contributed by atoms with Gasteiger partial charge in [0, 0.05) is 0 Å². The maximum absolute atomic E-state index is 2.30. The zero-order valence-corrected chi connectivity index (χ0v) is 15.4. The third kappa shape index (κ3) is 27.3. The maximum atomic E-state index is 2.30. The third-order valence-corrected chi connectivity index (χ3v) is 3.26. The molecule has 0 nitrogen and oxygen atoms in total. The van der Waals surface area contributed by atoms with Gasteiger partial charge in [-0.2, -0.15) is 0 Å². The average Bonchev–Trinajstić information content (AvgIpc) is 3.00. The van der Waals surface area contributed by atoms with Gasteiger partial charge in [-0.15, -0.1) is 0 Å². The van der Waals surface area contributed by atoms with Gasteiger partial charge in [-0.25, -0.2) is 0 Å². The Morgan fingerprint density at radius 2 is 1.05 bits per heavy atom. The first kappa shape index (κ1) is 21.3. The lowest BCUT2D eigenvalue weighted by atomic mass is 10.0. The van der Waals surface area contributed by atoms with Crippen LogP contribution in [0.4, 0.5) is 0 Å². The van der Waals surface area contributed by atoms with Crippen LogP contribution >= 0.6 is 0 Å². The van der Waals surface area contributed by atoms with Crippen molar-refractivity contribution in [1.82, 2.24) is 0 Å². The molecule has 0 heterocycles. The van der Waals surface area contributed by atoms with E-state index in [1.165, 1.54) is 32.1 Å². The Bertz CT molecular complexity index is 145. The lowest BCUT2D eigenvalue weighted by Crippen LogP contribution is -1.93. The van der Waals surface area contributed by atoms with Gasteiger partial charge in [-0.3, -0.25) is 0 Å². The minimum atomic E-state index is 0.875. The van der Waals surface area contributed by atoms with Crippen molar-refractivity contribution in [3.05, 3.63) is 0 Å². The Balaban J connectivity index is 0. The van der Waals surface area contributed by atoms with E-state index in [2.05, 4.69) is 62.3 Å². The molecule has 0 aromatic heterocycles. The van der Waals surface area contributed by atoms with E-state index in [0.717, 1.165) is 29.6 Å². The Labute approximate surface area is 124 Å². The highest BCUT2D eigenvalue weighted by Gasteiger charge is 2.21. The molecule has 1 aliphatic carbocycles. The van der Waals surface area contributed by atoms with Crippen LogP contribution in [0.1, 0.15) is 94.4 Å². The van der Waals surface area contributed by atoms with Crippen LogP contribution in [-0.4, -0.2) is 0 Å². The van der Waals surface area contributed by atoms with Gasteiger partial charge in [0.05, 0.1) is 0 Å². The van der Waals surface area contributed by atoms with Gasteiger partial charge >= 0.3 is 0 Å². The lowest BCUT2D eigenvalue weighted by Gasteiger charge is -2.05. The van der Waals surface area contributed by atoms with Gasteiger partial charge in [-0.05, 0) is 42.4 Å². The molecule has 0 aromatic rings. The summed E-state index contributed by atoms with van der Waals surface area (Å²) in [5.74, 6) is 4.70. The molecular weight excluding hydrogens is 228 g/mol. The van der Waals surface area contributed by atoms with Crippen molar-refractivity contribution in [2.45, 2.75) is 94.4 Å². The Morgan fingerprint density at radius 1 is 0.684 bits per heavy atom. The molecule has 0 unspecified atom stereocenters. The van der Waals surface area contributed by atoms with E-state index in [-0.39, 0.29) is 0 Å². The molecule has 0 bridgehead atoms. The van der Waals surface area contributed by atoms with E-state index in [4.69, 9.17) is 0 Å². The summed E-state index contributed by atoms with van der Waals surface area (Å²) in [7, 11) is 0. The largest absolute Gasteiger partial charge is 0.0651 e. The summed E-state index contributed by atoms with van der Waals surface area (Å²) in [4.78, 5) is 0. The molecule has 0 saturated heterocycles. The van der Waals surface area contributed by atoms with Gasteiger partial charge in [-0.1, -0.05) is 81.6 Å². The average molecular weight is 271 g/mol. The van der Waals surface area contributed by atoms with E-state index >= 15 is 0 Å². The fraction of sp³-hybridized carbons (Fsp3) is 1.00. The molecule has 0 radical (unpaired) electrons. The van der Waals surface area contributed by atoms with Crippen molar-refractivity contribution < 1.29 is 0 Å². The van der Waals surface area contributed by atoms with E-state index in [1.807, 2.05) is 0 Å². The second-order valence-electron chi connectivity index (χ2n) is 7.90. The van der Waals surface area contributed by atoms with Crippen LogP contribution in [0.3, 0.4) is 0 Å². The van der Waals surface area contributed by atoms with E-state index in [1.54, 1.807) is 0 Å². The first-order valence-corrected chi connectivity index (χ1v) is 8.68. The second kappa shape index (κ2) is 13.0. The van der Waals surface area contributed by atoms with Gasteiger partial charge in [0.1, 0.15) is 0 Å². The molecule has 1 rings (SSSR count). The molecule has 1 saturated carbocycles. The molecule has 1 fully saturated rings. The number of hydrogen-bond acceptors (Lipinski definition) is 0. The zero-order chi connectivity index (χ0) is 15.4. The van der Waals surface area contributed by atoms with Crippen molar-refractivity contribution in [3.8, 4) is 0 Å². The Kier molecular flexibility index (Phi) is 14.6. The first-order chi connectivity index (χ1) is 8.68. The molecule has 0 aromatic carbocycles. The van der Waals surface area contributed by atoms with Crippen LogP contribution in [-0.2, 0) is 0 Å². The van der Waals surface area contributed by atoms with Gasteiger partial charge in [0.2, 0.25) is 0 Å². The van der Waals surface area contributed by atoms with Crippen molar-refractivity contribution in [2.75, 3.05) is 0 Å². The molecular formula is C19H42. The van der Waals surface area contributed by atoms with Crippen LogP contribution in [0.15, 0.2) is 0 Å². The van der Waals surface area contributed by atoms with Crippen molar-refractivity contribution in [2.24, 2.45) is 29.6 Å². The summed E-state index contributed by atoms with van der Waals surface area (Å²) in [6, 6.07) is 0. The van der Waals surface area contributed by atoms with Crippen LogP contribution in [0, 0.1) is 29.6 Å². The smallest absolute Gasteiger partial charge is 0.0412 e. The molecule has 0 heteroatoms. The Hall–Kier alpha value is 0. The fourth-order valence-corrected chi connectivity index (χ4v) is 1.96. The van der Waals surface area contributed by atoms with Crippen molar-refractivity contribution >= 4 is 0 Å². The quantitative estimate of drug-likeness (QED) is 0.496. The highest BCUT2D eigenvalue weighted by molar-refractivity contribution is 4.73. The lowest BCUT2D eigenvalue weighted by molar-refractivity contribution is 0.469. The van der Waals surface area contributed by atoms with Crippen molar-refractivity contribution in [1.29, 1.82) is 0 Å². The van der Waals surface area contributed by atoms with Crippen molar-refractivity contribution in [3.63, 3.8) is 0 Å². The predicted octanol–water partition coefficient (Wildman–Crippen LogP) is 7.18. The number of rotatable bonds is 5. The van der Waals surface area contributed by atoms with E-state index < -0.39 is 0 Å². The topological polar surface area (TPSA) is 0 Å². The highest BCUT2D eigenvalue weighted by atomic mass is 14.3. The summed E-state index contributed by atoms with van der Waals surface area (Å²) in [6.07, 6.45) is 7.16. The van der Waals surface area contributed by atoms with Gasteiger partial charge < -0.3 is 0 Å². The molecule has 1 aliphatic rings. The van der Waals surface area contributed by atoms with Gasteiger partial charge in [0.25, 0.3) is 0 Å². The first-order valence-electron chi connectivity index (χ1n) is 8.68. The van der Waals surface area contributed by atoms with E-state index in [9.17, 15) is 0 Å². The SMILES string of the molecule is CC(C)CC(C)C.CC(C)CC1CC1.CCC(C)C. The summed E-state index contributed by atoms with van der Waals surface area (Å²) in [5.41, 5.74) is 0. The predicted molar refractivity (Wildman–Crippen MR) is 91.6 cm³/mol. The summed E-state index contributed by atoms with van der Waals surface area (Å²) in [6.45, 7) is 20.3. The summed E-state index contributed by atoms with van der Waals surface area (Å²) < 4.78 is 0. The molecule has 0 atom stereocenters. The monoisotopic (exact) mass is 270 g/mol. The molecule has 0 spiro atoms. The summed E-state index contributed by atoms with van der Waals surface area (Å²) in [5, 5.41) is 0. The maximum Gasteiger partial charge on any atom is -0.0412 e. The van der Waals surface area contributed by atoms with E-state index in [0.29, 0.717) is 0 Å². The third-order valence-electron chi connectivity index (χ3n) is 3.26. The molecule has 118 valence electrons. The molecule has 19 heavy (non-hydrogen) atoms. The zero-order valence-electron chi connectivity index (χ0n) is 15.4. The van der Waals surface area contributed by atoms with Crippen LogP contribution < -0.4 is 0 Å². The number of hydrogen-bond donors (Lipinski definition) is 0. The standard InChI is InChI=1S/C7H14.C7H16.C5H12/c1-6(2)5-7-3-4-7;1-6(2)5-7(3)4;1-4-5(2)3/h6-7H,3-5H2,1-2H3;6-7H,5H2,1-4H3;5H,4H2,1-3H3. The normalized spacial score (nSPS) is 14.4. The molecule has 0 N–H and O–H groups in total. The Morgan fingerprint density at radius 3 is 1.11 bits per heavy atom. The molecule has 0 amide bonds.